The van der Waals surface area contributed by atoms with Crippen LogP contribution >= 0.6 is 0 Å². The first-order valence-electron chi connectivity index (χ1n) is 10.1. The molecule has 11 heteroatoms. The summed E-state index contributed by atoms with van der Waals surface area (Å²) >= 11 is 0. The van der Waals surface area contributed by atoms with Gasteiger partial charge in [-0.2, -0.15) is 13.2 Å². The zero-order valence-electron chi connectivity index (χ0n) is 16.9. The van der Waals surface area contributed by atoms with Crippen molar-refractivity contribution in [1.29, 1.82) is 0 Å². The molecule has 8 nitrogen and oxygen atoms in total. The van der Waals surface area contributed by atoms with Crippen molar-refractivity contribution in [2.45, 2.75) is 56.2 Å². The molecule has 0 unspecified atom stereocenters. The first-order valence-corrected chi connectivity index (χ1v) is 10.1. The van der Waals surface area contributed by atoms with E-state index in [0.717, 1.165) is 32.4 Å². The van der Waals surface area contributed by atoms with Crippen LogP contribution in [0.5, 0.6) is 0 Å². The summed E-state index contributed by atoms with van der Waals surface area (Å²) < 4.78 is 37.6. The van der Waals surface area contributed by atoms with Gasteiger partial charge in [0.2, 0.25) is 5.91 Å². The minimum absolute atomic E-state index is 0.0662. The highest BCUT2D eigenvalue weighted by Gasteiger charge is 2.44. The van der Waals surface area contributed by atoms with Crippen molar-refractivity contribution in [2.75, 3.05) is 26.2 Å². The fraction of sp³-hybridized carbons (Fsp3) is 0.650. The lowest BCUT2D eigenvalue weighted by atomic mass is 9.77. The lowest BCUT2D eigenvalue weighted by Crippen LogP contribution is -2.50. The van der Waals surface area contributed by atoms with Crippen LogP contribution in [-0.2, 0) is 20.9 Å². The number of amides is 1. The van der Waals surface area contributed by atoms with Crippen molar-refractivity contribution in [3.63, 3.8) is 0 Å². The monoisotopic (exact) mass is 445 g/mol. The maximum Gasteiger partial charge on any atom is 0.490 e. The third-order valence-electron chi connectivity index (χ3n) is 5.88. The highest BCUT2D eigenvalue weighted by atomic mass is 19.4. The number of ether oxygens (including phenoxy) is 1. The Hall–Kier alpha value is -2.24. The van der Waals surface area contributed by atoms with E-state index in [0.29, 0.717) is 19.7 Å². The molecule has 1 aliphatic carbocycles. The zero-order valence-corrected chi connectivity index (χ0v) is 16.9. The molecule has 0 radical (unpaired) electrons. The van der Waals surface area contributed by atoms with Crippen LogP contribution in [0, 0.1) is 0 Å². The first-order chi connectivity index (χ1) is 14.6. The predicted molar refractivity (Wildman–Crippen MR) is 102 cm³/mol. The van der Waals surface area contributed by atoms with Crippen LogP contribution in [0.1, 0.15) is 31.2 Å². The molecule has 1 aromatic heterocycles. The molecule has 2 atom stereocenters. The third-order valence-corrected chi connectivity index (χ3v) is 5.88. The van der Waals surface area contributed by atoms with Crippen molar-refractivity contribution in [3.05, 3.63) is 30.1 Å². The lowest BCUT2D eigenvalue weighted by molar-refractivity contribution is -0.192. The summed E-state index contributed by atoms with van der Waals surface area (Å²) in [5.41, 5.74) is 0.438. The Morgan fingerprint density at radius 2 is 2.00 bits per heavy atom. The maximum atomic E-state index is 12.5. The molecule has 0 spiro atoms. The Labute approximate surface area is 177 Å². The second kappa shape index (κ2) is 9.49. The molecule has 2 saturated heterocycles. The van der Waals surface area contributed by atoms with Gasteiger partial charge in [0.1, 0.15) is 0 Å². The summed E-state index contributed by atoms with van der Waals surface area (Å²) in [4.78, 5) is 29.9. The lowest BCUT2D eigenvalue weighted by Gasteiger charge is -2.37. The van der Waals surface area contributed by atoms with Gasteiger partial charge in [-0.15, -0.1) is 0 Å². The number of carboxylic acid groups (broad SMARTS) is 1. The van der Waals surface area contributed by atoms with E-state index in [9.17, 15) is 23.1 Å². The number of carbonyl (C=O) groups is 2. The van der Waals surface area contributed by atoms with Gasteiger partial charge in [-0.3, -0.25) is 14.7 Å². The quantitative estimate of drug-likeness (QED) is 0.723. The SMILES string of the molecule is O=C(CC1(O)CCC1)N1C[C@@H]2OCCN(Cc3cccnc3)[C@@H]2C1.O=C(O)C(F)(F)F. The second-order valence-electron chi connectivity index (χ2n) is 8.16. The van der Waals surface area contributed by atoms with Crippen LogP contribution in [-0.4, -0.2) is 87.0 Å². The van der Waals surface area contributed by atoms with Gasteiger partial charge in [0.15, 0.2) is 0 Å². The Kier molecular flexibility index (Phi) is 7.17. The van der Waals surface area contributed by atoms with Crippen molar-refractivity contribution in [3.8, 4) is 0 Å². The number of aromatic nitrogens is 1. The van der Waals surface area contributed by atoms with E-state index in [-0.39, 0.29) is 24.5 Å². The van der Waals surface area contributed by atoms with Gasteiger partial charge >= 0.3 is 12.1 Å². The van der Waals surface area contributed by atoms with Crippen molar-refractivity contribution >= 4 is 11.9 Å². The molecule has 2 N–H and O–H groups in total. The number of likely N-dealkylation sites (tertiary alicyclic amines) is 1. The third kappa shape index (κ3) is 6.14. The summed E-state index contributed by atoms with van der Waals surface area (Å²) in [6.45, 7) is 3.75. The number of nitrogens with zero attached hydrogens (tertiary/aromatic N) is 3. The average molecular weight is 445 g/mol. The van der Waals surface area contributed by atoms with Gasteiger partial charge < -0.3 is 19.8 Å². The largest absolute Gasteiger partial charge is 0.490 e. The molecule has 0 bridgehead atoms. The molecule has 3 fully saturated rings. The second-order valence-corrected chi connectivity index (χ2v) is 8.16. The average Bonchev–Trinajstić information content (AvgIpc) is 3.13. The number of fused-ring (bicyclic) bond motifs is 1. The Morgan fingerprint density at radius 3 is 2.55 bits per heavy atom. The molecular weight excluding hydrogens is 419 g/mol. The van der Waals surface area contributed by atoms with E-state index in [1.165, 1.54) is 5.56 Å². The predicted octanol–water partition coefficient (Wildman–Crippen LogP) is 1.43. The summed E-state index contributed by atoms with van der Waals surface area (Å²) in [7, 11) is 0. The van der Waals surface area contributed by atoms with Gasteiger partial charge in [-0.05, 0) is 30.9 Å². The first kappa shape index (κ1) is 23.4. The Balaban J connectivity index is 0.000000339. The number of aliphatic hydroxyl groups is 1. The van der Waals surface area contributed by atoms with E-state index in [2.05, 4.69) is 16.0 Å². The standard InChI is InChI=1S/C18H25N3O3.C2HF3O2/c22-17(9-18(23)4-2-5-18)21-12-15-16(13-21)24-8-7-20(15)11-14-3-1-6-19-10-14;3-2(4,5)1(6)7/h1,3,6,10,15-16,23H,2,4-5,7-9,11-13H2;(H,6,7)/t15-,16+;/m1./s1. The van der Waals surface area contributed by atoms with Crippen molar-refractivity contribution in [2.24, 2.45) is 0 Å². The number of rotatable bonds is 4. The van der Waals surface area contributed by atoms with Gasteiger partial charge in [0.25, 0.3) is 0 Å². The van der Waals surface area contributed by atoms with Gasteiger partial charge in [0, 0.05) is 38.6 Å². The van der Waals surface area contributed by atoms with Crippen LogP contribution in [0.15, 0.2) is 24.5 Å². The van der Waals surface area contributed by atoms with Crippen LogP contribution < -0.4 is 0 Å². The molecule has 172 valence electrons. The highest BCUT2D eigenvalue weighted by molar-refractivity contribution is 5.78. The van der Waals surface area contributed by atoms with Gasteiger partial charge in [-0.25, -0.2) is 4.79 Å². The molecule has 4 rings (SSSR count). The fourth-order valence-electron chi connectivity index (χ4n) is 4.04. The van der Waals surface area contributed by atoms with E-state index >= 15 is 0 Å². The summed E-state index contributed by atoms with van der Waals surface area (Å²) in [5.74, 6) is -2.69. The summed E-state index contributed by atoms with van der Waals surface area (Å²) in [6.07, 6.45) is 1.47. The Morgan fingerprint density at radius 1 is 1.29 bits per heavy atom. The number of halogens is 3. The van der Waals surface area contributed by atoms with Crippen molar-refractivity contribution in [1.82, 2.24) is 14.8 Å². The summed E-state index contributed by atoms with van der Waals surface area (Å²) in [6, 6.07) is 4.28. The fourth-order valence-corrected chi connectivity index (χ4v) is 4.04. The van der Waals surface area contributed by atoms with E-state index in [1.54, 1.807) is 6.20 Å². The van der Waals surface area contributed by atoms with Gasteiger partial charge in [0.05, 0.1) is 30.8 Å². The van der Waals surface area contributed by atoms with Crippen LogP contribution in [0.2, 0.25) is 0 Å². The topological polar surface area (TPSA) is 103 Å². The summed E-state index contributed by atoms with van der Waals surface area (Å²) in [5, 5.41) is 17.4. The molecule has 0 aromatic carbocycles. The molecule has 1 aromatic rings. The maximum absolute atomic E-state index is 12.5. The number of hydrogen-bond acceptors (Lipinski definition) is 6. The van der Waals surface area contributed by atoms with Crippen LogP contribution in [0.4, 0.5) is 13.2 Å². The zero-order chi connectivity index (χ0) is 22.6. The minimum atomic E-state index is -5.08. The molecule has 3 aliphatic rings. The van der Waals surface area contributed by atoms with Gasteiger partial charge in [-0.1, -0.05) is 6.07 Å². The molecule has 2 aliphatic heterocycles. The normalized spacial score (nSPS) is 25.1. The van der Waals surface area contributed by atoms with Crippen molar-refractivity contribution < 1.29 is 37.7 Å². The number of hydrogen-bond donors (Lipinski definition) is 2. The van der Waals surface area contributed by atoms with E-state index < -0.39 is 17.7 Å². The molecule has 1 saturated carbocycles. The number of aliphatic carboxylic acids is 1. The van der Waals surface area contributed by atoms with Crippen LogP contribution in [0.3, 0.4) is 0 Å². The van der Waals surface area contributed by atoms with E-state index in [4.69, 9.17) is 14.6 Å². The molecule has 1 amide bonds. The van der Waals surface area contributed by atoms with Crippen LogP contribution in [0.25, 0.3) is 0 Å². The number of carbonyl (C=O) groups excluding carboxylic acids is 1. The molecular formula is C20H26F3N3O5. The number of alkyl halides is 3. The van der Waals surface area contributed by atoms with E-state index in [1.807, 2.05) is 17.2 Å². The molecule has 3 heterocycles. The smallest absolute Gasteiger partial charge is 0.475 e. The number of pyridine rings is 1. The Bertz CT molecular complexity index is 773. The molecule has 31 heavy (non-hydrogen) atoms. The number of carboxylic acids is 1. The number of morpholine rings is 1. The highest BCUT2D eigenvalue weighted by Crippen LogP contribution is 2.36. The minimum Gasteiger partial charge on any atom is -0.475 e.